The molecule has 0 radical (unpaired) electrons. The van der Waals surface area contributed by atoms with Crippen molar-refractivity contribution in [1.29, 1.82) is 0 Å². The van der Waals surface area contributed by atoms with Gasteiger partial charge in [0.2, 0.25) is 0 Å². The summed E-state index contributed by atoms with van der Waals surface area (Å²) < 4.78 is 0. The summed E-state index contributed by atoms with van der Waals surface area (Å²) in [6, 6.07) is 1.78. The molecule has 0 spiro atoms. The molecule has 0 saturated heterocycles. The molecule has 1 aromatic rings. The molecule has 1 fully saturated rings. The SMILES string of the molecule is Cc1cc(O)c(C2CCCCC2)c(O)c1C. The van der Waals surface area contributed by atoms with Crippen LogP contribution < -0.4 is 0 Å². The van der Waals surface area contributed by atoms with Gasteiger partial charge in [0.1, 0.15) is 11.5 Å². The van der Waals surface area contributed by atoms with Crippen molar-refractivity contribution in [1.82, 2.24) is 0 Å². The lowest BCUT2D eigenvalue weighted by Gasteiger charge is -2.24. The first kappa shape index (κ1) is 11.3. The summed E-state index contributed by atoms with van der Waals surface area (Å²) in [6.45, 7) is 3.83. The van der Waals surface area contributed by atoms with E-state index in [-0.39, 0.29) is 5.75 Å². The molecule has 1 aliphatic carbocycles. The normalized spacial score (nSPS) is 17.6. The van der Waals surface area contributed by atoms with Crippen LogP contribution in [0.5, 0.6) is 11.5 Å². The van der Waals surface area contributed by atoms with Crippen LogP contribution in [0.3, 0.4) is 0 Å². The van der Waals surface area contributed by atoms with Crippen LogP contribution in [0, 0.1) is 13.8 Å². The first-order valence-electron chi connectivity index (χ1n) is 6.13. The highest BCUT2D eigenvalue weighted by atomic mass is 16.3. The van der Waals surface area contributed by atoms with E-state index in [0.717, 1.165) is 29.5 Å². The molecule has 1 saturated carbocycles. The van der Waals surface area contributed by atoms with E-state index in [9.17, 15) is 10.2 Å². The highest BCUT2D eigenvalue weighted by molar-refractivity contribution is 5.53. The predicted octanol–water partition coefficient (Wildman–Crippen LogP) is 3.76. The van der Waals surface area contributed by atoms with E-state index in [4.69, 9.17) is 0 Å². The van der Waals surface area contributed by atoms with Gasteiger partial charge in [0, 0.05) is 5.56 Å². The zero-order valence-electron chi connectivity index (χ0n) is 10.1. The topological polar surface area (TPSA) is 40.5 Å². The molecule has 0 amide bonds. The monoisotopic (exact) mass is 220 g/mol. The Balaban J connectivity index is 2.42. The maximum atomic E-state index is 10.2. The fourth-order valence-electron chi connectivity index (χ4n) is 2.69. The van der Waals surface area contributed by atoms with Crippen LogP contribution in [-0.2, 0) is 0 Å². The molecular weight excluding hydrogens is 200 g/mol. The second kappa shape index (κ2) is 4.36. The Labute approximate surface area is 96.9 Å². The zero-order valence-corrected chi connectivity index (χ0v) is 10.1. The quantitative estimate of drug-likeness (QED) is 0.756. The summed E-state index contributed by atoms with van der Waals surface area (Å²) >= 11 is 0. The van der Waals surface area contributed by atoms with Gasteiger partial charge in [-0.1, -0.05) is 19.3 Å². The maximum absolute atomic E-state index is 10.2. The molecular formula is C14H20O2. The van der Waals surface area contributed by atoms with Crippen molar-refractivity contribution < 1.29 is 10.2 Å². The minimum Gasteiger partial charge on any atom is -0.508 e. The standard InChI is InChI=1S/C14H20O2/c1-9-8-12(15)13(14(16)10(9)2)11-6-4-3-5-7-11/h8,11,15-16H,3-7H2,1-2H3. The Morgan fingerprint density at radius 2 is 1.69 bits per heavy atom. The summed E-state index contributed by atoms with van der Waals surface area (Å²) in [5.41, 5.74) is 2.63. The van der Waals surface area contributed by atoms with Gasteiger partial charge < -0.3 is 10.2 Å². The Hall–Kier alpha value is -1.18. The molecule has 0 unspecified atom stereocenters. The Morgan fingerprint density at radius 3 is 2.31 bits per heavy atom. The summed E-state index contributed by atoms with van der Waals surface area (Å²) in [7, 11) is 0. The van der Waals surface area contributed by atoms with Crippen LogP contribution in [0.15, 0.2) is 6.07 Å². The molecule has 0 atom stereocenters. The van der Waals surface area contributed by atoms with Crippen molar-refractivity contribution in [3.63, 3.8) is 0 Å². The summed E-state index contributed by atoms with van der Waals surface area (Å²) in [5.74, 6) is 0.921. The van der Waals surface area contributed by atoms with Gasteiger partial charge in [0.25, 0.3) is 0 Å². The van der Waals surface area contributed by atoms with Crippen molar-refractivity contribution in [3.05, 3.63) is 22.8 Å². The first-order chi connectivity index (χ1) is 7.61. The van der Waals surface area contributed by atoms with Crippen LogP contribution in [-0.4, -0.2) is 10.2 Å². The first-order valence-corrected chi connectivity index (χ1v) is 6.13. The van der Waals surface area contributed by atoms with Crippen LogP contribution in [0.25, 0.3) is 0 Å². The number of aryl methyl sites for hydroxylation is 1. The van der Waals surface area contributed by atoms with E-state index in [1.165, 1.54) is 19.3 Å². The smallest absolute Gasteiger partial charge is 0.125 e. The van der Waals surface area contributed by atoms with Gasteiger partial charge >= 0.3 is 0 Å². The summed E-state index contributed by atoms with van der Waals surface area (Å²) in [5, 5.41) is 20.1. The Kier molecular flexibility index (Phi) is 3.08. The van der Waals surface area contributed by atoms with Crippen LogP contribution in [0.4, 0.5) is 0 Å². The molecule has 2 N–H and O–H groups in total. The van der Waals surface area contributed by atoms with Gasteiger partial charge in [-0.3, -0.25) is 0 Å². The van der Waals surface area contributed by atoms with Crippen molar-refractivity contribution in [2.45, 2.75) is 51.9 Å². The number of phenolic OH excluding ortho intramolecular Hbond substituents is 2. The van der Waals surface area contributed by atoms with E-state index in [2.05, 4.69) is 0 Å². The van der Waals surface area contributed by atoms with Gasteiger partial charge in [-0.2, -0.15) is 0 Å². The molecule has 16 heavy (non-hydrogen) atoms. The van der Waals surface area contributed by atoms with E-state index >= 15 is 0 Å². The number of aromatic hydroxyl groups is 2. The van der Waals surface area contributed by atoms with E-state index in [1.807, 2.05) is 13.8 Å². The molecule has 88 valence electrons. The highest BCUT2D eigenvalue weighted by Gasteiger charge is 2.23. The van der Waals surface area contributed by atoms with Crippen molar-refractivity contribution in [2.75, 3.05) is 0 Å². The van der Waals surface area contributed by atoms with Crippen molar-refractivity contribution in [2.24, 2.45) is 0 Å². The molecule has 0 bridgehead atoms. The average molecular weight is 220 g/mol. The third-order valence-corrected chi connectivity index (χ3v) is 3.84. The van der Waals surface area contributed by atoms with Crippen LogP contribution in [0.1, 0.15) is 54.7 Å². The van der Waals surface area contributed by atoms with E-state index in [0.29, 0.717) is 11.7 Å². The minimum absolute atomic E-state index is 0.271. The lowest BCUT2D eigenvalue weighted by molar-refractivity contribution is 0.387. The van der Waals surface area contributed by atoms with E-state index in [1.54, 1.807) is 6.07 Å². The highest BCUT2D eigenvalue weighted by Crippen LogP contribution is 2.44. The number of phenols is 2. The number of rotatable bonds is 1. The fourth-order valence-corrected chi connectivity index (χ4v) is 2.69. The zero-order chi connectivity index (χ0) is 11.7. The number of benzene rings is 1. The molecule has 0 aliphatic heterocycles. The van der Waals surface area contributed by atoms with Crippen molar-refractivity contribution in [3.8, 4) is 11.5 Å². The van der Waals surface area contributed by atoms with Crippen LogP contribution >= 0.6 is 0 Å². The van der Waals surface area contributed by atoms with Gasteiger partial charge in [0.15, 0.2) is 0 Å². The van der Waals surface area contributed by atoms with Gasteiger partial charge in [-0.25, -0.2) is 0 Å². The number of hydrogen-bond donors (Lipinski definition) is 2. The molecule has 0 heterocycles. The third-order valence-electron chi connectivity index (χ3n) is 3.84. The molecule has 1 aromatic carbocycles. The maximum Gasteiger partial charge on any atom is 0.125 e. The largest absolute Gasteiger partial charge is 0.508 e. The summed E-state index contributed by atoms with van der Waals surface area (Å²) in [6.07, 6.45) is 5.86. The van der Waals surface area contributed by atoms with Gasteiger partial charge in [0.05, 0.1) is 0 Å². The Morgan fingerprint density at radius 1 is 1.06 bits per heavy atom. The number of hydrogen-bond acceptors (Lipinski definition) is 2. The molecule has 0 aromatic heterocycles. The van der Waals surface area contributed by atoms with E-state index < -0.39 is 0 Å². The Bertz CT molecular complexity index is 390. The van der Waals surface area contributed by atoms with Crippen LogP contribution in [0.2, 0.25) is 0 Å². The lowest BCUT2D eigenvalue weighted by atomic mass is 9.82. The van der Waals surface area contributed by atoms with Gasteiger partial charge in [-0.15, -0.1) is 0 Å². The minimum atomic E-state index is 0.271. The predicted molar refractivity (Wildman–Crippen MR) is 65.1 cm³/mol. The summed E-state index contributed by atoms with van der Waals surface area (Å²) in [4.78, 5) is 0. The second-order valence-electron chi connectivity index (χ2n) is 4.93. The molecule has 2 heteroatoms. The second-order valence-corrected chi connectivity index (χ2v) is 4.93. The lowest BCUT2D eigenvalue weighted by Crippen LogP contribution is -2.06. The molecule has 1 aliphatic rings. The molecule has 2 nitrogen and oxygen atoms in total. The fraction of sp³-hybridized carbons (Fsp3) is 0.571. The van der Waals surface area contributed by atoms with Crippen molar-refractivity contribution >= 4 is 0 Å². The third kappa shape index (κ3) is 1.89. The average Bonchev–Trinajstić information content (AvgIpc) is 2.28. The van der Waals surface area contributed by atoms with Gasteiger partial charge in [-0.05, 0) is 49.8 Å². The molecule has 2 rings (SSSR count).